The largest absolute Gasteiger partial charge is 0.288 e. The second-order valence-corrected chi connectivity index (χ2v) is 5.41. The quantitative estimate of drug-likeness (QED) is 0.507. The van der Waals surface area contributed by atoms with E-state index in [1.807, 2.05) is 0 Å². The lowest BCUT2D eigenvalue weighted by molar-refractivity contribution is -0.384. The number of rotatable bonds is 5. The van der Waals surface area contributed by atoms with Crippen molar-refractivity contribution in [2.24, 2.45) is 5.10 Å². The minimum absolute atomic E-state index is 0.0407. The third-order valence-corrected chi connectivity index (χ3v) is 3.42. The first-order chi connectivity index (χ1) is 11.0. The fraction of sp³-hybridized carbons (Fsp3) is 0.0667. The van der Waals surface area contributed by atoms with E-state index in [0.29, 0.717) is 10.6 Å². The molecule has 0 aromatic heterocycles. The summed E-state index contributed by atoms with van der Waals surface area (Å²) in [6.07, 6.45) is 1.46. The molecule has 0 heterocycles. The van der Waals surface area contributed by atoms with Crippen molar-refractivity contribution in [2.45, 2.75) is 6.42 Å². The van der Waals surface area contributed by atoms with E-state index in [4.69, 9.17) is 23.2 Å². The summed E-state index contributed by atoms with van der Waals surface area (Å²) in [5.41, 5.74) is 3.38. The molecule has 0 saturated heterocycles. The van der Waals surface area contributed by atoms with Crippen molar-refractivity contribution in [1.82, 2.24) is 5.43 Å². The summed E-state index contributed by atoms with van der Waals surface area (Å²) in [4.78, 5) is 21.9. The van der Waals surface area contributed by atoms with Crippen LogP contribution in [-0.4, -0.2) is 17.0 Å². The zero-order valence-corrected chi connectivity index (χ0v) is 13.2. The van der Waals surface area contributed by atoms with Crippen molar-refractivity contribution < 1.29 is 9.72 Å². The number of amides is 1. The highest BCUT2D eigenvalue weighted by molar-refractivity contribution is 6.32. The van der Waals surface area contributed by atoms with Crippen LogP contribution in [-0.2, 0) is 11.2 Å². The molecule has 2 rings (SSSR count). The maximum Gasteiger partial charge on any atom is 0.288 e. The number of nitro groups is 1. The van der Waals surface area contributed by atoms with Crippen molar-refractivity contribution in [3.8, 4) is 0 Å². The van der Waals surface area contributed by atoms with Crippen LogP contribution in [0.1, 0.15) is 11.1 Å². The molecule has 0 unspecified atom stereocenters. The number of nitro benzene ring substituents is 1. The topological polar surface area (TPSA) is 84.6 Å². The maximum atomic E-state index is 11.7. The van der Waals surface area contributed by atoms with E-state index in [0.717, 1.165) is 5.56 Å². The van der Waals surface area contributed by atoms with E-state index in [2.05, 4.69) is 10.5 Å². The number of carbonyl (C=O) groups excluding carboxylic acids is 1. The average Bonchev–Trinajstić information content (AvgIpc) is 2.51. The molecule has 1 amide bonds. The molecule has 0 saturated carbocycles. The van der Waals surface area contributed by atoms with Crippen LogP contribution < -0.4 is 5.43 Å². The highest BCUT2D eigenvalue weighted by Gasteiger charge is 2.11. The smallest absolute Gasteiger partial charge is 0.273 e. The summed E-state index contributed by atoms with van der Waals surface area (Å²) >= 11 is 11.5. The molecule has 8 heteroatoms. The molecule has 0 spiro atoms. The van der Waals surface area contributed by atoms with Crippen molar-refractivity contribution in [3.63, 3.8) is 0 Å². The first-order valence-electron chi connectivity index (χ1n) is 6.46. The van der Waals surface area contributed by atoms with Gasteiger partial charge in [-0.05, 0) is 23.8 Å². The molecule has 0 bridgehead atoms. The molecule has 2 aromatic rings. The van der Waals surface area contributed by atoms with Crippen molar-refractivity contribution in [3.05, 3.63) is 73.8 Å². The third-order valence-electron chi connectivity index (χ3n) is 2.85. The van der Waals surface area contributed by atoms with E-state index in [9.17, 15) is 14.9 Å². The number of hydrazone groups is 1. The molecule has 0 aliphatic heterocycles. The van der Waals surface area contributed by atoms with Gasteiger partial charge in [-0.2, -0.15) is 5.10 Å². The summed E-state index contributed by atoms with van der Waals surface area (Å²) in [6, 6.07) is 11.1. The van der Waals surface area contributed by atoms with E-state index in [1.165, 1.54) is 18.3 Å². The third kappa shape index (κ3) is 5.05. The van der Waals surface area contributed by atoms with Gasteiger partial charge in [0.15, 0.2) is 0 Å². The van der Waals surface area contributed by atoms with Crippen LogP contribution in [0.5, 0.6) is 0 Å². The van der Waals surface area contributed by atoms with Crippen LogP contribution in [0, 0.1) is 10.1 Å². The van der Waals surface area contributed by atoms with Gasteiger partial charge in [0.1, 0.15) is 5.02 Å². The number of nitrogens with one attached hydrogen (secondary N) is 1. The van der Waals surface area contributed by atoms with E-state index >= 15 is 0 Å². The lowest BCUT2D eigenvalue weighted by Gasteiger charge is -2.01. The minimum atomic E-state index is -0.585. The Morgan fingerprint density at radius 3 is 2.57 bits per heavy atom. The van der Waals surface area contributed by atoms with Crippen molar-refractivity contribution in [2.75, 3.05) is 0 Å². The molecule has 2 aromatic carbocycles. The number of benzene rings is 2. The monoisotopic (exact) mass is 351 g/mol. The molecule has 0 fully saturated rings. The Labute approximate surface area is 141 Å². The predicted molar refractivity (Wildman–Crippen MR) is 89.0 cm³/mol. The number of hydrogen-bond acceptors (Lipinski definition) is 4. The van der Waals surface area contributed by atoms with Gasteiger partial charge in [-0.1, -0.05) is 41.4 Å². The Balaban J connectivity index is 1.96. The number of carbonyl (C=O) groups is 1. The normalized spacial score (nSPS) is 10.7. The Morgan fingerprint density at radius 2 is 1.91 bits per heavy atom. The maximum absolute atomic E-state index is 11.7. The minimum Gasteiger partial charge on any atom is -0.273 e. The van der Waals surface area contributed by atoms with Crippen LogP contribution in [0.2, 0.25) is 10.0 Å². The average molecular weight is 352 g/mol. The Morgan fingerprint density at radius 1 is 1.22 bits per heavy atom. The van der Waals surface area contributed by atoms with E-state index in [1.54, 1.807) is 30.3 Å². The Bertz CT molecular complexity index is 761. The molecular formula is C15H11Cl2N3O3. The van der Waals surface area contributed by atoms with E-state index < -0.39 is 4.92 Å². The molecular weight excluding hydrogens is 341 g/mol. The van der Waals surface area contributed by atoms with Gasteiger partial charge in [-0.3, -0.25) is 14.9 Å². The highest BCUT2D eigenvalue weighted by Crippen LogP contribution is 2.24. The van der Waals surface area contributed by atoms with Crippen LogP contribution in [0.15, 0.2) is 47.6 Å². The summed E-state index contributed by atoms with van der Waals surface area (Å²) in [7, 11) is 0. The lowest BCUT2D eigenvalue weighted by atomic mass is 10.1. The van der Waals surface area contributed by atoms with Crippen molar-refractivity contribution >= 4 is 41.0 Å². The molecule has 6 nitrogen and oxygen atoms in total. The first kappa shape index (κ1) is 16.9. The van der Waals surface area contributed by atoms with Gasteiger partial charge in [0, 0.05) is 16.7 Å². The molecule has 0 aliphatic carbocycles. The standard InChI is InChI=1S/C15H11Cl2N3O3/c16-12-4-1-10(2-5-12)8-15(21)19-18-9-11-3-6-13(17)14(7-11)20(22)23/h1-7,9H,8H2,(H,19,21). The fourth-order valence-corrected chi connectivity index (χ4v) is 2.07. The number of hydrogen-bond donors (Lipinski definition) is 1. The summed E-state index contributed by atoms with van der Waals surface area (Å²) in [5.74, 6) is -0.313. The first-order valence-corrected chi connectivity index (χ1v) is 7.21. The summed E-state index contributed by atoms with van der Waals surface area (Å²) in [5, 5.41) is 15.2. The molecule has 118 valence electrons. The SMILES string of the molecule is O=C(Cc1ccc(Cl)cc1)NN=Cc1ccc(Cl)c([N+](=O)[O-])c1. The fourth-order valence-electron chi connectivity index (χ4n) is 1.76. The second-order valence-electron chi connectivity index (χ2n) is 4.56. The highest BCUT2D eigenvalue weighted by atomic mass is 35.5. The number of nitrogens with zero attached hydrogens (tertiary/aromatic N) is 2. The van der Waals surface area contributed by atoms with Gasteiger partial charge in [0.2, 0.25) is 5.91 Å². The Kier molecular flexibility index (Phi) is 5.67. The van der Waals surface area contributed by atoms with Crippen LogP contribution in [0.25, 0.3) is 0 Å². The second kappa shape index (κ2) is 7.71. The van der Waals surface area contributed by atoms with E-state index in [-0.39, 0.29) is 23.0 Å². The van der Waals surface area contributed by atoms with Gasteiger partial charge in [-0.25, -0.2) is 5.43 Å². The zero-order chi connectivity index (χ0) is 16.8. The Hall–Kier alpha value is -2.44. The summed E-state index contributed by atoms with van der Waals surface area (Å²) in [6.45, 7) is 0. The molecule has 0 aliphatic rings. The molecule has 23 heavy (non-hydrogen) atoms. The van der Waals surface area contributed by atoms with Gasteiger partial charge < -0.3 is 0 Å². The lowest BCUT2D eigenvalue weighted by Crippen LogP contribution is -2.19. The van der Waals surface area contributed by atoms with Crippen LogP contribution >= 0.6 is 23.2 Å². The molecule has 0 radical (unpaired) electrons. The van der Waals surface area contributed by atoms with Gasteiger partial charge in [-0.15, -0.1) is 0 Å². The predicted octanol–water partition coefficient (Wildman–Crippen LogP) is 3.59. The number of halogens is 2. The molecule has 0 atom stereocenters. The van der Waals surface area contributed by atoms with Gasteiger partial charge in [0.25, 0.3) is 5.69 Å². The van der Waals surface area contributed by atoms with Crippen LogP contribution in [0.3, 0.4) is 0 Å². The molecule has 1 N–H and O–H groups in total. The summed E-state index contributed by atoms with van der Waals surface area (Å²) < 4.78 is 0. The zero-order valence-electron chi connectivity index (χ0n) is 11.7. The van der Waals surface area contributed by atoms with Crippen LogP contribution in [0.4, 0.5) is 5.69 Å². The van der Waals surface area contributed by atoms with Crippen molar-refractivity contribution in [1.29, 1.82) is 0 Å². The van der Waals surface area contributed by atoms with Gasteiger partial charge in [0.05, 0.1) is 17.6 Å². The van der Waals surface area contributed by atoms with Gasteiger partial charge >= 0.3 is 0 Å².